The third-order valence-corrected chi connectivity index (χ3v) is 6.76. The Kier molecular flexibility index (Phi) is 5.08. The second-order valence-electron chi connectivity index (χ2n) is 7.29. The molecule has 136 valence electrons. The van der Waals surface area contributed by atoms with Gasteiger partial charge in [-0.2, -0.15) is 0 Å². The number of amides is 2. The molecule has 0 N–H and O–H groups in total. The molecule has 6 heteroatoms. The van der Waals surface area contributed by atoms with E-state index in [-0.39, 0.29) is 17.7 Å². The lowest BCUT2D eigenvalue weighted by Gasteiger charge is -2.36. The van der Waals surface area contributed by atoms with E-state index in [0.29, 0.717) is 32.8 Å². The average molecular weight is 362 g/mol. The number of nitrogens with zero attached hydrogens (tertiary/aromatic N) is 2. The van der Waals surface area contributed by atoms with E-state index in [9.17, 15) is 9.59 Å². The first-order valence-electron chi connectivity index (χ1n) is 9.49. The predicted molar refractivity (Wildman–Crippen MR) is 97.0 cm³/mol. The number of rotatable bonds is 2. The molecule has 25 heavy (non-hydrogen) atoms. The van der Waals surface area contributed by atoms with Gasteiger partial charge in [0.1, 0.15) is 0 Å². The molecule has 0 spiro atoms. The van der Waals surface area contributed by atoms with Crippen molar-refractivity contribution in [1.82, 2.24) is 9.80 Å². The second kappa shape index (κ2) is 7.46. The first kappa shape index (κ1) is 17.0. The molecule has 1 aromatic heterocycles. The van der Waals surface area contributed by atoms with Gasteiger partial charge in [-0.15, -0.1) is 11.3 Å². The lowest BCUT2D eigenvalue weighted by molar-refractivity contribution is -0.141. The summed E-state index contributed by atoms with van der Waals surface area (Å²) in [5.74, 6) is 0.289. The summed E-state index contributed by atoms with van der Waals surface area (Å²) in [6.45, 7) is 3.96. The fraction of sp³-hybridized carbons (Fsp3) is 0.684. The number of carbonyl (C=O) groups is 2. The number of aryl methyl sites for hydroxylation is 1. The Morgan fingerprint density at radius 3 is 2.68 bits per heavy atom. The molecule has 0 aromatic carbocycles. The van der Waals surface area contributed by atoms with Crippen LogP contribution in [0.3, 0.4) is 0 Å². The summed E-state index contributed by atoms with van der Waals surface area (Å²) in [7, 11) is 0. The molecule has 3 heterocycles. The first-order chi connectivity index (χ1) is 12.2. The minimum absolute atomic E-state index is 0.0507. The highest BCUT2D eigenvalue weighted by atomic mass is 32.1. The van der Waals surface area contributed by atoms with Crippen molar-refractivity contribution in [2.75, 3.05) is 39.4 Å². The highest BCUT2D eigenvalue weighted by Gasteiger charge is 2.33. The van der Waals surface area contributed by atoms with Crippen molar-refractivity contribution in [1.29, 1.82) is 0 Å². The maximum absolute atomic E-state index is 13.1. The number of thiophene rings is 1. The van der Waals surface area contributed by atoms with Crippen LogP contribution in [0.2, 0.25) is 0 Å². The number of hydrogen-bond donors (Lipinski definition) is 0. The van der Waals surface area contributed by atoms with E-state index in [2.05, 4.69) is 0 Å². The van der Waals surface area contributed by atoms with Crippen LogP contribution in [-0.2, 0) is 22.4 Å². The van der Waals surface area contributed by atoms with Gasteiger partial charge in [0.15, 0.2) is 0 Å². The molecule has 4 rings (SSSR count). The summed E-state index contributed by atoms with van der Waals surface area (Å²) in [6, 6.07) is 0. The summed E-state index contributed by atoms with van der Waals surface area (Å²) in [4.78, 5) is 31.1. The minimum Gasteiger partial charge on any atom is -0.378 e. The number of piperidine rings is 1. The van der Waals surface area contributed by atoms with Crippen molar-refractivity contribution in [2.45, 2.75) is 38.5 Å². The van der Waals surface area contributed by atoms with E-state index >= 15 is 0 Å². The average Bonchev–Trinajstić information content (AvgIpc) is 3.12. The number of carbonyl (C=O) groups excluding carboxylic acids is 2. The molecule has 1 atom stereocenters. The van der Waals surface area contributed by atoms with Gasteiger partial charge in [0.2, 0.25) is 5.91 Å². The molecule has 0 radical (unpaired) electrons. The molecule has 1 aromatic rings. The van der Waals surface area contributed by atoms with Gasteiger partial charge < -0.3 is 14.5 Å². The number of ether oxygens (including phenoxy) is 1. The van der Waals surface area contributed by atoms with Crippen LogP contribution in [0, 0.1) is 5.92 Å². The SMILES string of the molecule is O=C(c1csc2c1CCCC2)N1CCC[C@H](C(=O)N2CCOCC2)C1. The fourth-order valence-electron chi connectivity index (χ4n) is 4.25. The summed E-state index contributed by atoms with van der Waals surface area (Å²) in [6.07, 6.45) is 6.37. The van der Waals surface area contributed by atoms with Crippen molar-refractivity contribution >= 4 is 23.2 Å². The first-order valence-corrected chi connectivity index (χ1v) is 10.4. The smallest absolute Gasteiger partial charge is 0.255 e. The number of hydrogen-bond acceptors (Lipinski definition) is 4. The van der Waals surface area contributed by atoms with Crippen LogP contribution in [0.1, 0.15) is 46.5 Å². The van der Waals surface area contributed by atoms with Gasteiger partial charge in [-0.3, -0.25) is 9.59 Å². The van der Waals surface area contributed by atoms with Gasteiger partial charge in [-0.1, -0.05) is 0 Å². The zero-order valence-electron chi connectivity index (χ0n) is 14.7. The molecule has 2 fully saturated rings. The van der Waals surface area contributed by atoms with Gasteiger partial charge in [0.05, 0.1) is 24.7 Å². The standard InChI is InChI=1S/C19H26N2O3S/c22-18(20-8-10-24-11-9-20)14-4-3-7-21(12-14)19(23)16-13-25-17-6-2-1-5-15(16)17/h13-14H,1-12H2/t14-/m0/s1. The van der Waals surface area contributed by atoms with Crippen LogP contribution < -0.4 is 0 Å². The Labute approximate surface area is 152 Å². The van der Waals surface area contributed by atoms with E-state index in [0.717, 1.165) is 37.8 Å². The predicted octanol–water partition coefficient (Wildman–Crippen LogP) is 2.34. The number of fused-ring (bicyclic) bond motifs is 1. The molecular weight excluding hydrogens is 336 g/mol. The fourth-order valence-corrected chi connectivity index (χ4v) is 5.37. The molecule has 0 saturated carbocycles. The molecule has 0 unspecified atom stereocenters. The third kappa shape index (κ3) is 3.47. The quantitative estimate of drug-likeness (QED) is 0.811. The van der Waals surface area contributed by atoms with E-state index in [1.54, 1.807) is 11.3 Å². The third-order valence-electron chi connectivity index (χ3n) is 5.67. The monoisotopic (exact) mass is 362 g/mol. The van der Waals surface area contributed by atoms with Crippen LogP contribution >= 0.6 is 11.3 Å². The molecular formula is C19H26N2O3S. The van der Waals surface area contributed by atoms with E-state index < -0.39 is 0 Å². The van der Waals surface area contributed by atoms with Crippen molar-refractivity contribution in [2.24, 2.45) is 5.92 Å². The van der Waals surface area contributed by atoms with Crippen LogP contribution in [0.25, 0.3) is 0 Å². The van der Waals surface area contributed by atoms with E-state index in [1.165, 1.54) is 23.3 Å². The van der Waals surface area contributed by atoms with Gasteiger partial charge in [0.25, 0.3) is 5.91 Å². The molecule has 2 aliphatic heterocycles. The summed E-state index contributed by atoms with van der Waals surface area (Å²) < 4.78 is 5.34. The highest BCUT2D eigenvalue weighted by molar-refractivity contribution is 7.10. The molecule has 2 amide bonds. The Morgan fingerprint density at radius 1 is 1.04 bits per heavy atom. The van der Waals surface area contributed by atoms with Crippen molar-refractivity contribution < 1.29 is 14.3 Å². The number of morpholine rings is 1. The van der Waals surface area contributed by atoms with Gasteiger partial charge in [0, 0.05) is 36.4 Å². The Hall–Kier alpha value is -1.40. The van der Waals surface area contributed by atoms with Gasteiger partial charge >= 0.3 is 0 Å². The van der Waals surface area contributed by atoms with E-state index in [4.69, 9.17) is 4.74 Å². The Balaban J connectivity index is 1.44. The molecule has 5 nitrogen and oxygen atoms in total. The van der Waals surface area contributed by atoms with Crippen LogP contribution in [0.4, 0.5) is 0 Å². The topological polar surface area (TPSA) is 49.9 Å². The van der Waals surface area contributed by atoms with Crippen LogP contribution in [0.15, 0.2) is 5.38 Å². The summed E-state index contributed by atoms with van der Waals surface area (Å²) >= 11 is 1.74. The Morgan fingerprint density at radius 2 is 1.84 bits per heavy atom. The Bertz CT molecular complexity index is 651. The minimum atomic E-state index is -0.0507. The van der Waals surface area contributed by atoms with Crippen molar-refractivity contribution in [3.8, 4) is 0 Å². The number of likely N-dealkylation sites (tertiary alicyclic amines) is 1. The lowest BCUT2D eigenvalue weighted by Crippen LogP contribution is -2.49. The normalized spacial score (nSPS) is 24.1. The van der Waals surface area contributed by atoms with Gasteiger partial charge in [-0.05, 0) is 44.1 Å². The zero-order chi connectivity index (χ0) is 17.2. The van der Waals surface area contributed by atoms with Crippen molar-refractivity contribution in [3.05, 3.63) is 21.4 Å². The highest BCUT2D eigenvalue weighted by Crippen LogP contribution is 2.32. The van der Waals surface area contributed by atoms with Crippen LogP contribution in [-0.4, -0.2) is 61.0 Å². The summed E-state index contributed by atoms with van der Waals surface area (Å²) in [5.41, 5.74) is 2.18. The maximum Gasteiger partial charge on any atom is 0.255 e. The molecule has 1 aliphatic carbocycles. The zero-order valence-corrected chi connectivity index (χ0v) is 15.5. The second-order valence-corrected chi connectivity index (χ2v) is 8.25. The molecule has 2 saturated heterocycles. The molecule has 0 bridgehead atoms. The van der Waals surface area contributed by atoms with Crippen molar-refractivity contribution in [3.63, 3.8) is 0 Å². The molecule has 3 aliphatic rings. The van der Waals surface area contributed by atoms with Crippen LogP contribution in [0.5, 0.6) is 0 Å². The summed E-state index contributed by atoms with van der Waals surface area (Å²) in [5, 5.41) is 2.05. The van der Waals surface area contributed by atoms with E-state index in [1.807, 2.05) is 15.2 Å². The van der Waals surface area contributed by atoms with Gasteiger partial charge in [-0.25, -0.2) is 0 Å². The lowest BCUT2D eigenvalue weighted by atomic mass is 9.93. The largest absolute Gasteiger partial charge is 0.378 e. The maximum atomic E-state index is 13.1.